The lowest BCUT2D eigenvalue weighted by molar-refractivity contribution is -0.131. The van der Waals surface area contributed by atoms with Gasteiger partial charge < -0.3 is 10.4 Å². The van der Waals surface area contributed by atoms with Gasteiger partial charge in [-0.3, -0.25) is 4.79 Å². The van der Waals surface area contributed by atoms with E-state index in [9.17, 15) is 9.59 Å². The summed E-state index contributed by atoms with van der Waals surface area (Å²) in [6.07, 6.45) is 2.48. The Kier molecular flexibility index (Phi) is 4.84. The molecule has 5 nitrogen and oxygen atoms in total. The van der Waals surface area contributed by atoms with Crippen LogP contribution in [0.15, 0.2) is 35.7 Å². The minimum absolute atomic E-state index is 0.216. The molecule has 2 N–H and O–H groups in total. The maximum atomic E-state index is 12.0. The average molecular weight is 302 g/mol. The normalized spacial score (nSPS) is 10.7. The monoisotopic (exact) mass is 302 g/mol. The largest absolute Gasteiger partial charge is 0.478 e. The first-order valence-electron chi connectivity index (χ1n) is 6.25. The van der Waals surface area contributed by atoms with Gasteiger partial charge in [0.1, 0.15) is 0 Å². The molecule has 1 aromatic heterocycles. The van der Waals surface area contributed by atoms with Crippen molar-refractivity contribution in [2.24, 2.45) is 0 Å². The molecule has 0 spiro atoms. The van der Waals surface area contributed by atoms with Crippen LogP contribution >= 0.6 is 11.3 Å². The van der Waals surface area contributed by atoms with Crippen LogP contribution in [-0.2, 0) is 11.3 Å². The van der Waals surface area contributed by atoms with Gasteiger partial charge in [-0.15, -0.1) is 11.3 Å². The van der Waals surface area contributed by atoms with E-state index in [1.807, 2.05) is 12.3 Å². The van der Waals surface area contributed by atoms with Crippen molar-refractivity contribution in [2.75, 3.05) is 0 Å². The van der Waals surface area contributed by atoms with Gasteiger partial charge >= 0.3 is 5.97 Å². The minimum Gasteiger partial charge on any atom is -0.478 e. The Bertz CT molecular complexity index is 692. The Morgan fingerprint density at radius 2 is 2.24 bits per heavy atom. The van der Waals surface area contributed by atoms with Crippen molar-refractivity contribution in [1.82, 2.24) is 10.3 Å². The van der Waals surface area contributed by atoms with E-state index >= 15 is 0 Å². The van der Waals surface area contributed by atoms with Crippen molar-refractivity contribution in [3.8, 4) is 0 Å². The molecule has 0 unspecified atom stereocenters. The topological polar surface area (TPSA) is 79.3 Å². The van der Waals surface area contributed by atoms with Gasteiger partial charge in [0.2, 0.25) is 0 Å². The summed E-state index contributed by atoms with van der Waals surface area (Å²) in [6, 6.07) is 6.77. The van der Waals surface area contributed by atoms with E-state index in [0.717, 1.165) is 16.8 Å². The van der Waals surface area contributed by atoms with Crippen molar-refractivity contribution in [3.63, 3.8) is 0 Å². The number of hydrogen-bond acceptors (Lipinski definition) is 4. The number of carboxylic acid groups (broad SMARTS) is 1. The number of thiazole rings is 1. The number of aromatic nitrogens is 1. The number of aliphatic carboxylic acids is 1. The van der Waals surface area contributed by atoms with Gasteiger partial charge in [-0.25, -0.2) is 9.78 Å². The third kappa shape index (κ3) is 4.54. The SMILES string of the molecule is Cc1nc(CNC(=O)c2cccc(C=CC(=O)O)c2)cs1. The number of aryl methyl sites for hydroxylation is 1. The predicted octanol–water partition coefficient (Wildman–Crippen LogP) is 2.48. The van der Waals surface area contributed by atoms with Crippen LogP contribution in [0, 0.1) is 6.92 Å². The van der Waals surface area contributed by atoms with Gasteiger partial charge in [0.25, 0.3) is 5.91 Å². The van der Waals surface area contributed by atoms with Crippen molar-refractivity contribution in [2.45, 2.75) is 13.5 Å². The maximum absolute atomic E-state index is 12.0. The summed E-state index contributed by atoms with van der Waals surface area (Å²) in [4.78, 5) is 26.8. The molecule has 0 aliphatic rings. The molecule has 1 heterocycles. The summed E-state index contributed by atoms with van der Waals surface area (Å²) in [6.45, 7) is 2.28. The van der Waals surface area contributed by atoms with Crippen LogP contribution in [0.2, 0.25) is 0 Å². The molecule has 1 aromatic carbocycles. The number of nitrogens with zero attached hydrogens (tertiary/aromatic N) is 1. The van der Waals surface area contributed by atoms with E-state index in [-0.39, 0.29) is 5.91 Å². The molecular weight excluding hydrogens is 288 g/mol. The van der Waals surface area contributed by atoms with E-state index in [2.05, 4.69) is 10.3 Å². The summed E-state index contributed by atoms with van der Waals surface area (Å²) in [5, 5.41) is 14.2. The molecule has 0 aliphatic heterocycles. The lowest BCUT2D eigenvalue weighted by Gasteiger charge is -2.04. The van der Waals surface area contributed by atoms with Gasteiger partial charge in [-0.2, -0.15) is 0 Å². The Hall–Kier alpha value is -2.47. The summed E-state index contributed by atoms with van der Waals surface area (Å²) < 4.78 is 0. The predicted molar refractivity (Wildman–Crippen MR) is 81.1 cm³/mol. The third-order valence-corrected chi connectivity index (χ3v) is 3.49. The maximum Gasteiger partial charge on any atom is 0.328 e. The first kappa shape index (κ1) is 14.9. The lowest BCUT2D eigenvalue weighted by atomic mass is 10.1. The van der Waals surface area contributed by atoms with Gasteiger partial charge in [-0.1, -0.05) is 12.1 Å². The Morgan fingerprint density at radius 3 is 2.90 bits per heavy atom. The fourth-order valence-corrected chi connectivity index (χ4v) is 2.33. The summed E-state index contributed by atoms with van der Waals surface area (Å²) in [5.41, 5.74) is 1.97. The molecule has 0 bridgehead atoms. The minimum atomic E-state index is -1.02. The van der Waals surface area contributed by atoms with Crippen LogP contribution in [0.25, 0.3) is 6.08 Å². The molecule has 0 radical (unpaired) electrons. The van der Waals surface area contributed by atoms with Gasteiger partial charge in [-0.05, 0) is 30.7 Å². The Labute approximate surface area is 126 Å². The molecule has 2 rings (SSSR count). The number of hydrogen-bond donors (Lipinski definition) is 2. The second-order valence-electron chi connectivity index (χ2n) is 4.34. The van der Waals surface area contributed by atoms with E-state index < -0.39 is 5.97 Å². The molecule has 6 heteroatoms. The van der Waals surface area contributed by atoms with Gasteiger partial charge in [0.05, 0.1) is 17.2 Å². The third-order valence-electron chi connectivity index (χ3n) is 2.66. The van der Waals surface area contributed by atoms with Crippen LogP contribution in [-0.4, -0.2) is 22.0 Å². The Balaban J connectivity index is 2.02. The highest BCUT2D eigenvalue weighted by Gasteiger charge is 2.06. The Morgan fingerprint density at radius 1 is 1.43 bits per heavy atom. The van der Waals surface area contributed by atoms with E-state index in [0.29, 0.717) is 17.7 Å². The summed E-state index contributed by atoms with van der Waals surface area (Å²) in [7, 11) is 0. The number of rotatable bonds is 5. The van der Waals surface area contributed by atoms with Crippen molar-refractivity contribution >= 4 is 29.3 Å². The van der Waals surface area contributed by atoms with E-state index in [1.165, 1.54) is 17.4 Å². The molecular formula is C15H14N2O3S. The average Bonchev–Trinajstić information content (AvgIpc) is 2.88. The first-order chi connectivity index (χ1) is 10.0. The number of nitrogens with one attached hydrogen (secondary N) is 1. The van der Waals surface area contributed by atoms with Crippen molar-refractivity contribution in [1.29, 1.82) is 0 Å². The molecule has 1 amide bonds. The van der Waals surface area contributed by atoms with Crippen LogP contribution in [0.4, 0.5) is 0 Å². The highest BCUT2D eigenvalue weighted by atomic mass is 32.1. The van der Waals surface area contributed by atoms with E-state index in [1.54, 1.807) is 24.3 Å². The molecule has 108 valence electrons. The molecule has 0 aliphatic carbocycles. The summed E-state index contributed by atoms with van der Waals surface area (Å²) in [5.74, 6) is -1.24. The highest BCUT2D eigenvalue weighted by molar-refractivity contribution is 7.09. The smallest absolute Gasteiger partial charge is 0.328 e. The number of carbonyl (C=O) groups is 2. The number of carboxylic acids is 1. The fraction of sp³-hybridized carbons (Fsp3) is 0.133. The fourth-order valence-electron chi connectivity index (χ4n) is 1.71. The molecule has 0 fully saturated rings. The first-order valence-corrected chi connectivity index (χ1v) is 7.13. The van der Waals surface area contributed by atoms with E-state index in [4.69, 9.17) is 5.11 Å². The second-order valence-corrected chi connectivity index (χ2v) is 5.40. The molecule has 0 atom stereocenters. The number of amides is 1. The number of carbonyl (C=O) groups excluding carboxylic acids is 1. The van der Waals surface area contributed by atoms with Gasteiger partial charge in [0.15, 0.2) is 0 Å². The zero-order valence-corrected chi connectivity index (χ0v) is 12.2. The molecule has 0 saturated carbocycles. The highest BCUT2D eigenvalue weighted by Crippen LogP contribution is 2.09. The van der Waals surface area contributed by atoms with Crippen LogP contribution in [0.5, 0.6) is 0 Å². The zero-order chi connectivity index (χ0) is 15.2. The zero-order valence-electron chi connectivity index (χ0n) is 11.4. The quantitative estimate of drug-likeness (QED) is 0.832. The molecule has 21 heavy (non-hydrogen) atoms. The van der Waals surface area contributed by atoms with Crippen LogP contribution in [0.1, 0.15) is 26.6 Å². The summed E-state index contributed by atoms with van der Waals surface area (Å²) >= 11 is 1.54. The molecule has 0 saturated heterocycles. The standard InChI is InChI=1S/C15H14N2O3S/c1-10-17-13(9-21-10)8-16-15(20)12-4-2-3-11(7-12)5-6-14(18)19/h2-7,9H,8H2,1H3,(H,16,20)(H,18,19). The van der Waals surface area contributed by atoms with Gasteiger partial charge in [0, 0.05) is 17.0 Å². The number of benzene rings is 1. The molecule has 2 aromatic rings. The second kappa shape index (κ2) is 6.81. The van der Waals surface area contributed by atoms with Crippen LogP contribution < -0.4 is 5.32 Å². The lowest BCUT2D eigenvalue weighted by Crippen LogP contribution is -2.22. The van der Waals surface area contributed by atoms with Crippen LogP contribution in [0.3, 0.4) is 0 Å². The van der Waals surface area contributed by atoms with Crippen molar-refractivity contribution < 1.29 is 14.7 Å². The van der Waals surface area contributed by atoms with Crippen molar-refractivity contribution in [3.05, 3.63) is 57.6 Å².